The number of morpholine rings is 1. The molecule has 1 unspecified atom stereocenters. The van der Waals surface area contributed by atoms with E-state index in [2.05, 4.69) is 11.8 Å². The molecule has 1 atom stereocenters. The van der Waals surface area contributed by atoms with Crippen LogP contribution in [0.3, 0.4) is 0 Å². The van der Waals surface area contributed by atoms with E-state index in [1.165, 1.54) is 6.07 Å². The molecule has 3 nitrogen and oxygen atoms in total. The van der Waals surface area contributed by atoms with Crippen molar-refractivity contribution in [1.29, 1.82) is 0 Å². The second-order valence-corrected chi connectivity index (χ2v) is 4.36. The molecule has 1 aromatic carbocycles. The standard InChI is InChI=1S/C13H18FNO2/c1-2-11-9-17-7-6-15(11)8-10-4-3-5-12(14)13(10)16/h3-5,11,16H,2,6-9H2,1H3. The van der Waals surface area contributed by atoms with Crippen molar-refractivity contribution in [3.05, 3.63) is 29.6 Å². The van der Waals surface area contributed by atoms with Crippen molar-refractivity contribution in [2.75, 3.05) is 19.8 Å². The lowest BCUT2D eigenvalue weighted by Gasteiger charge is -2.35. The lowest BCUT2D eigenvalue weighted by atomic mass is 10.1. The molecular formula is C13H18FNO2. The number of phenols is 1. The van der Waals surface area contributed by atoms with E-state index in [0.29, 0.717) is 31.4 Å². The summed E-state index contributed by atoms with van der Waals surface area (Å²) in [5, 5.41) is 9.65. The van der Waals surface area contributed by atoms with Gasteiger partial charge in [0.15, 0.2) is 11.6 Å². The van der Waals surface area contributed by atoms with Gasteiger partial charge in [0.2, 0.25) is 0 Å². The maximum Gasteiger partial charge on any atom is 0.165 e. The fourth-order valence-electron chi connectivity index (χ4n) is 2.18. The van der Waals surface area contributed by atoms with Crippen LogP contribution in [0.5, 0.6) is 5.75 Å². The van der Waals surface area contributed by atoms with Crippen LogP contribution in [0.1, 0.15) is 18.9 Å². The Kier molecular flexibility index (Phi) is 3.97. The van der Waals surface area contributed by atoms with Crippen molar-refractivity contribution in [2.24, 2.45) is 0 Å². The molecule has 1 aliphatic rings. The van der Waals surface area contributed by atoms with Crippen molar-refractivity contribution in [2.45, 2.75) is 25.9 Å². The molecule has 1 fully saturated rings. The van der Waals surface area contributed by atoms with Gasteiger partial charge in [-0.05, 0) is 12.5 Å². The summed E-state index contributed by atoms with van der Waals surface area (Å²) in [7, 11) is 0. The lowest BCUT2D eigenvalue weighted by Crippen LogP contribution is -2.44. The number of benzene rings is 1. The summed E-state index contributed by atoms with van der Waals surface area (Å²) in [5.74, 6) is -0.780. The van der Waals surface area contributed by atoms with E-state index >= 15 is 0 Å². The summed E-state index contributed by atoms with van der Waals surface area (Å²) >= 11 is 0. The Bertz CT molecular complexity index is 384. The first-order chi connectivity index (χ1) is 8.22. The molecule has 0 bridgehead atoms. The van der Waals surface area contributed by atoms with Gasteiger partial charge in [-0.1, -0.05) is 19.1 Å². The molecule has 17 heavy (non-hydrogen) atoms. The minimum absolute atomic E-state index is 0.228. The number of aromatic hydroxyl groups is 1. The Hall–Kier alpha value is -1.13. The van der Waals surface area contributed by atoms with E-state index in [-0.39, 0.29) is 5.75 Å². The number of para-hydroxylation sites is 1. The second-order valence-electron chi connectivity index (χ2n) is 4.36. The average molecular weight is 239 g/mol. The van der Waals surface area contributed by atoms with Crippen molar-refractivity contribution >= 4 is 0 Å². The maximum atomic E-state index is 13.2. The highest BCUT2D eigenvalue weighted by molar-refractivity contribution is 5.33. The van der Waals surface area contributed by atoms with E-state index in [1.807, 2.05) is 0 Å². The van der Waals surface area contributed by atoms with E-state index < -0.39 is 5.82 Å². The van der Waals surface area contributed by atoms with Crippen LogP contribution in [0.15, 0.2) is 18.2 Å². The van der Waals surface area contributed by atoms with Crippen LogP contribution in [-0.2, 0) is 11.3 Å². The predicted molar refractivity (Wildman–Crippen MR) is 63.4 cm³/mol. The van der Waals surface area contributed by atoms with Crippen LogP contribution < -0.4 is 0 Å². The number of halogens is 1. The van der Waals surface area contributed by atoms with Crippen molar-refractivity contribution < 1.29 is 14.2 Å². The molecule has 1 aliphatic heterocycles. The third kappa shape index (κ3) is 2.76. The first-order valence-electron chi connectivity index (χ1n) is 6.00. The Morgan fingerprint density at radius 3 is 3.12 bits per heavy atom. The van der Waals surface area contributed by atoms with Gasteiger partial charge in [-0.25, -0.2) is 4.39 Å². The normalized spacial score (nSPS) is 21.6. The minimum Gasteiger partial charge on any atom is -0.505 e. The smallest absolute Gasteiger partial charge is 0.165 e. The van der Waals surface area contributed by atoms with Crippen LogP contribution in [0.25, 0.3) is 0 Å². The van der Waals surface area contributed by atoms with E-state index in [4.69, 9.17) is 4.74 Å². The largest absolute Gasteiger partial charge is 0.505 e. The summed E-state index contributed by atoms with van der Waals surface area (Å²) < 4.78 is 18.6. The third-order valence-electron chi connectivity index (χ3n) is 3.26. The van der Waals surface area contributed by atoms with Gasteiger partial charge in [0, 0.05) is 24.7 Å². The summed E-state index contributed by atoms with van der Waals surface area (Å²) in [6, 6.07) is 5.02. The molecule has 0 saturated carbocycles. The fourth-order valence-corrected chi connectivity index (χ4v) is 2.18. The van der Waals surface area contributed by atoms with E-state index in [1.54, 1.807) is 12.1 Å². The number of hydrogen-bond donors (Lipinski definition) is 1. The molecule has 1 saturated heterocycles. The van der Waals surface area contributed by atoms with Gasteiger partial charge < -0.3 is 9.84 Å². The monoisotopic (exact) mass is 239 g/mol. The molecule has 94 valence electrons. The number of phenolic OH excluding ortho intramolecular Hbond substituents is 1. The zero-order valence-corrected chi connectivity index (χ0v) is 10.0. The maximum absolute atomic E-state index is 13.2. The lowest BCUT2D eigenvalue weighted by molar-refractivity contribution is -0.0130. The SMILES string of the molecule is CCC1COCCN1Cc1cccc(F)c1O. The fraction of sp³-hybridized carbons (Fsp3) is 0.538. The Labute approximate surface area is 101 Å². The van der Waals surface area contributed by atoms with Crippen LogP contribution >= 0.6 is 0 Å². The highest BCUT2D eigenvalue weighted by Crippen LogP contribution is 2.24. The van der Waals surface area contributed by atoms with Gasteiger partial charge in [-0.2, -0.15) is 0 Å². The van der Waals surface area contributed by atoms with Gasteiger partial charge >= 0.3 is 0 Å². The highest BCUT2D eigenvalue weighted by Gasteiger charge is 2.22. The first-order valence-corrected chi connectivity index (χ1v) is 6.00. The predicted octanol–water partition coefficient (Wildman–Crippen LogP) is 2.14. The molecule has 1 N–H and O–H groups in total. The molecule has 0 aliphatic carbocycles. The molecule has 0 spiro atoms. The second kappa shape index (κ2) is 5.47. The van der Waals surface area contributed by atoms with Crippen molar-refractivity contribution in [3.8, 4) is 5.75 Å². The topological polar surface area (TPSA) is 32.7 Å². The van der Waals surface area contributed by atoms with Crippen molar-refractivity contribution in [3.63, 3.8) is 0 Å². The average Bonchev–Trinajstić information content (AvgIpc) is 2.35. The number of ether oxygens (including phenoxy) is 1. The van der Waals surface area contributed by atoms with Crippen molar-refractivity contribution in [1.82, 2.24) is 4.90 Å². The van der Waals surface area contributed by atoms with Crippen LogP contribution in [-0.4, -0.2) is 35.8 Å². The van der Waals surface area contributed by atoms with Crippen LogP contribution in [0.4, 0.5) is 4.39 Å². The Morgan fingerprint density at radius 2 is 2.35 bits per heavy atom. The minimum atomic E-state index is -0.552. The van der Waals surface area contributed by atoms with Gasteiger partial charge in [0.05, 0.1) is 13.2 Å². The Balaban J connectivity index is 2.11. The molecule has 1 heterocycles. The molecule has 2 rings (SSSR count). The summed E-state index contributed by atoms with van der Waals surface area (Å²) in [6.45, 7) is 4.93. The first kappa shape index (κ1) is 12.3. The molecule has 0 amide bonds. The summed E-state index contributed by atoms with van der Waals surface area (Å²) in [6.07, 6.45) is 0.996. The number of nitrogens with zero attached hydrogens (tertiary/aromatic N) is 1. The number of hydrogen-bond acceptors (Lipinski definition) is 3. The molecule has 4 heteroatoms. The zero-order chi connectivity index (χ0) is 12.3. The van der Waals surface area contributed by atoms with Crippen LogP contribution in [0, 0.1) is 5.82 Å². The summed E-state index contributed by atoms with van der Waals surface area (Å²) in [5.41, 5.74) is 0.644. The quantitative estimate of drug-likeness (QED) is 0.877. The molecule has 0 radical (unpaired) electrons. The van der Waals surface area contributed by atoms with Crippen LogP contribution in [0.2, 0.25) is 0 Å². The third-order valence-corrected chi connectivity index (χ3v) is 3.26. The molecular weight excluding hydrogens is 221 g/mol. The van der Waals surface area contributed by atoms with E-state index in [0.717, 1.165) is 13.0 Å². The van der Waals surface area contributed by atoms with E-state index in [9.17, 15) is 9.50 Å². The Morgan fingerprint density at radius 1 is 1.53 bits per heavy atom. The molecule has 1 aromatic rings. The van der Waals surface area contributed by atoms with Gasteiger partial charge in [-0.15, -0.1) is 0 Å². The summed E-state index contributed by atoms with van der Waals surface area (Å²) in [4.78, 5) is 2.23. The van der Waals surface area contributed by atoms with Gasteiger partial charge in [0.1, 0.15) is 0 Å². The van der Waals surface area contributed by atoms with Gasteiger partial charge in [0.25, 0.3) is 0 Å². The zero-order valence-electron chi connectivity index (χ0n) is 10.0. The van der Waals surface area contributed by atoms with Gasteiger partial charge in [-0.3, -0.25) is 4.90 Å². The number of rotatable bonds is 3. The highest BCUT2D eigenvalue weighted by atomic mass is 19.1. The molecule has 0 aromatic heterocycles.